The molecule has 0 spiro atoms. The van der Waals surface area contributed by atoms with Gasteiger partial charge in [-0.3, -0.25) is 0 Å². The van der Waals surface area contributed by atoms with Gasteiger partial charge in [0.15, 0.2) is 0 Å². The van der Waals surface area contributed by atoms with E-state index in [0.29, 0.717) is 0 Å². The largest absolute Gasteiger partial charge is 2.00 e. The summed E-state index contributed by atoms with van der Waals surface area (Å²) >= 11 is 3.19. The van der Waals surface area contributed by atoms with E-state index in [1.165, 1.54) is 5.56 Å². The quantitative estimate of drug-likeness (QED) is 0.372. The van der Waals surface area contributed by atoms with Gasteiger partial charge in [0.25, 0.3) is 0 Å². The van der Waals surface area contributed by atoms with Crippen molar-refractivity contribution in [3.63, 3.8) is 0 Å². The number of hydrogen-bond acceptors (Lipinski definition) is 5. The molecule has 3 aromatic heterocycles. The minimum Gasteiger partial charge on any atom is -1.00 e. The number of thiazole rings is 2. The molecule has 1 aromatic carbocycles. The van der Waals surface area contributed by atoms with Gasteiger partial charge >= 0.3 is 17.1 Å². The van der Waals surface area contributed by atoms with Crippen LogP contribution in [0.4, 0.5) is 0 Å². The van der Waals surface area contributed by atoms with Gasteiger partial charge in [-0.15, -0.1) is 22.7 Å². The van der Waals surface area contributed by atoms with Gasteiger partial charge < -0.3 is 24.8 Å². The molecule has 0 amide bonds. The van der Waals surface area contributed by atoms with Crippen LogP contribution in [0.1, 0.15) is 0 Å². The second-order valence-electron chi connectivity index (χ2n) is 4.67. The second-order valence-corrected chi connectivity index (χ2v) is 6.46. The normalized spacial score (nSPS) is 9.44. The molecular weight excluding hydrogens is 445 g/mol. The van der Waals surface area contributed by atoms with E-state index < -0.39 is 0 Å². The zero-order valence-corrected chi connectivity index (χ0v) is 16.7. The molecule has 0 saturated carbocycles. The number of halogens is 2. The molecule has 25 heavy (non-hydrogen) atoms. The summed E-state index contributed by atoms with van der Waals surface area (Å²) in [7, 11) is 0. The van der Waals surface area contributed by atoms with Crippen LogP contribution in [0.3, 0.4) is 0 Å². The molecule has 0 aliphatic heterocycles. The Hall–Kier alpha value is -1.27. The first-order chi connectivity index (χ1) is 10.9. The number of pyridine rings is 1. The molecule has 131 valence electrons. The molecule has 4 aromatic rings. The minimum absolute atomic E-state index is 0. The Labute approximate surface area is 176 Å². The predicted octanol–water partition coefficient (Wildman–Crippen LogP) is -0.999. The number of hydrogen-bond donors (Lipinski definition) is 0. The Morgan fingerprint density at radius 3 is 1.64 bits per heavy atom. The van der Waals surface area contributed by atoms with Crippen molar-refractivity contribution in [1.29, 1.82) is 0 Å². The summed E-state index contributed by atoms with van der Waals surface area (Å²) in [4.78, 5) is 13.5. The number of nitrogens with zero attached hydrogens (tertiary/aromatic N) is 3. The monoisotopic (exact) mass is 454 g/mol. The van der Waals surface area contributed by atoms with Crippen LogP contribution in [0.5, 0.6) is 0 Å². The molecule has 0 fully saturated rings. The molecule has 0 bridgehead atoms. The predicted molar refractivity (Wildman–Crippen MR) is 91.9 cm³/mol. The SMILES string of the molecule is [Cl-].[Cl-].[Cu+2].c1ccc(-c2cc(-c3nccs3)nc(-c3nccs3)c2)cc1. The zero-order chi connectivity index (χ0) is 14.8. The summed E-state index contributed by atoms with van der Waals surface area (Å²) in [5.74, 6) is 0. The number of aromatic nitrogens is 3. The second kappa shape index (κ2) is 10.0. The molecule has 0 aliphatic rings. The topological polar surface area (TPSA) is 38.7 Å². The average molecular weight is 456 g/mol. The standard InChI is InChI=1S/C17H11N3S2.2ClH.Cu/c1-2-4-12(5-3-1)13-10-14(16-18-6-8-21-16)20-15(11-13)17-19-7-9-22-17;;;/h1-11H;2*1H;/q;;;+2/p-2. The molecule has 4 rings (SSSR count). The van der Waals surface area contributed by atoms with E-state index in [9.17, 15) is 0 Å². The van der Waals surface area contributed by atoms with Crippen molar-refractivity contribution in [3.8, 4) is 32.5 Å². The molecule has 1 radical (unpaired) electrons. The van der Waals surface area contributed by atoms with Gasteiger partial charge in [-0.25, -0.2) is 15.0 Å². The van der Waals surface area contributed by atoms with Crippen LogP contribution in [-0.2, 0) is 17.1 Å². The summed E-state index contributed by atoms with van der Waals surface area (Å²) in [5, 5.41) is 5.79. The third-order valence-electron chi connectivity index (χ3n) is 3.24. The number of benzene rings is 1. The van der Waals surface area contributed by atoms with Crippen molar-refractivity contribution in [2.75, 3.05) is 0 Å². The minimum atomic E-state index is 0. The fourth-order valence-corrected chi connectivity index (χ4v) is 3.44. The van der Waals surface area contributed by atoms with Crippen molar-refractivity contribution >= 4 is 22.7 Å². The van der Waals surface area contributed by atoms with E-state index in [0.717, 1.165) is 27.0 Å². The Bertz CT molecular complexity index is 833. The summed E-state index contributed by atoms with van der Waals surface area (Å²) < 4.78 is 0. The Balaban J connectivity index is 0.00000104. The van der Waals surface area contributed by atoms with Gasteiger partial charge in [0, 0.05) is 23.2 Å². The van der Waals surface area contributed by atoms with Crippen molar-refractivity contribution in [2.45, 2.75) is 0 Å². The summed E-state index contributed by atoms with van der Waals surface area (Å²) in [6.45, 7) is 0. The Morgan fingerprint density at radius 1 is 0.680 bits per heavy atom. The fourth-order valence-electron chi connectivity index (χ4n) is 2.25. The van der Waals surface area contributed by atoms with Gasteiger partial charge in [-0.2, -0.15) is 0 Å². The smallest absolute Gasteiger partial charge is 1.00 e. The van der Waals surface area contributed by atoms with Crippen molar-refractivity contribution in [1.82, 2.24) is 15.0 Å². The molecular formula is C17H11Cl2CuN3S2. The number of rotatable bonds is 3. The van der Waals surface area contributed by atoms with Gasteiger partial charge in [-0.05, 0) is 23.3 Å². The molecule has 0 saturated heterocycles. The van der Waals surface area contributed by atoms with Gasteiger partial charge in [-0.1, -0.05) is 30.3 Å². The third kappa shape index (κ3) is 4.88. The first kappa shape index (κ1) is 21.8. The van der Waals surface area contributed by atoms with E-state index in [1.54, 1.807) is 35.1 Å². The molecule has 3 heterocycles. The molecule has 0 unspecified atom stereocenters. The molecule has 3 nitrogen and oxygen atoms in total. The van der Waals surface area contributed by atoms with Crippen molar-refractivity contribution < 1.29 is 41.9 Å². The van der Waals surface area contributed by atoms with Crippen LogP contribution >= 0.6 is 22.7 Å². The fraction of sp³-hybridized carbons (Fsp3) is 0. The van der Waals surface area contributed by atoms with E-state index in [1.807, 2.05) is 29.0 Å². The van der Waals surface area contributed by atoms with Crippen LogP contribution < -0.4 is 24.8 Å². The first-order valence-electron chi connectivity index (χ1n) is 6.77. The van der Waals surface area contributed by atoms with E-state index in [-0.39, 0.29) is 41.9 Å². The van der Waals surface area contributed by atoms with Gasteiger partial charge in [0.1, 0.15) is 21.4 Å². The van der Waals surface area contributed by atoms with Crippen molar-refractivity contribution in [2.24, 2.45) is 0 Å². The maximum Gasteiger partial charge on any atom is 2.00 e. The maximum atomic E-state index is 4.74. The molecule has 0 aliphatic carbocycles. The summed E-state index contributed by atoms with van der Waals surface area (Å²) in [5.41, 5.74) is 4.08. The van der Waals surface area contributed by atoms with Crippen LogP contribution in [0.25, 0.3) is 32.5 Å². The van der Waals surface area contributed by atoms with Crippen LogP contribution in [0.2, 0.25) is 0 Å². The van der Waals surface area contributed by atoms with Crippen molar-refractivity contribution in [3.05, 3.63) is 65.6 Å². The molecule has 8 heteroatoms. The molecule has 0 N–H and O–H groups in total. The van der Waals surface area contributed by atoms with Gasteiger partial charge in [0.05, 0.1) is 0 Å². The zero-order valence-electron chi connectivity index (χ0n) is 12.6. The first-order valence-corrected chi connectivity index (χ1v) is 8.53. The van der Waals surface area contributed by atoms with Crippen LogP contribution in [0.15, 0.2) is 65.6 Å². The average Bonchev–Trinajstić information content (AvgIpc) is 3.29. The summed E-state index contributed by atoms with van der Waals surface area (Å²) in [6.07, 6.45) is 3.61. The van der Waals surface area contributed by atoms with E-state index >= 15 is 0 Å². The van der Waals surface area contributed by atoms with Crippen LogP contribution in [-0.4, -0.2) is 15.0 Å². The van der Waals surface area contributed by atoms with E-state index in [2.05, 4.69) is 34.2 Å². The summed E-state index contributed by atoms with van der Waals surface area (Å²) in [6, 6.07) is 14.5. The van der Waals surface area contributed by atoms with Crippen LogP contribution in [0, 0.1) is 0 Å². The Morgan fingerprint density at radius 2 is 1.20 bits per heavy atom. The maximum absolute atomic E-state index is 4.74. The van der Waals surface area contributed by atoms with E-state index in [4.69, 9.17) is 4.98 Å². The molecule has 0 atom stereocenters. The third-order valence-corrected chi connectivity index (χ3v) is 4.83. The Kier molecular flexibility index (Phi) is 8.72. The van der Waals surface area contributed by atoms with Gasteiger partial charge in [0.2, 0.25) is 0 Å².